The van der Waals surface area contributed by atoms with Crippen LogP contribution in [0.4, 0.5) is 17.3 Å². The fraction of sp³-hybridized carbons (Fsp3) is 0.643. The lowest BCUT2D eigenvalue weighted by Gasteiger charge is -2.19. The molecule has 2 heterocycles. The minimum absolute atomic E-state index is 0.117. The van der Waals surface area contributed by atoms with Gasteiger partial charge in [-0.25, -0.2) is 4.98 Å². The molecule has 1 N–H and O–H groups in total. The molecule has 0 aromatic carbocycles. The number of hydrogen-bond acceptors (Lipinski definition) is 5. The SMILES string of the molecule is CCNc1ccc([N+](=O)[O-])c(N2CC3CCCC3C2)n1. The van der Waals surface area contributed by atoms with E-state index in [1.165, 1.54) is 19.3 Å². The number of fused-ring (bicyclic) bond motifs is 1. The zero-order chi connectivity index (χ0) is 14.1. The minimum Gasteiger partial charge on any atom is -0.370 e. The van der Waals surface area contributed by atoms with Crippen molar-refractivity contribution in [3.63, 3.8) is 0 Å². The van der Waals surface area contributed by atoms with E-state index in [2.05, 4.69) is 15.2 Å². The van der Waals surface area contributed by atoms with Gasteiger partial charge in [0.15, 0.2) is 0 Å². The summed E-state index contributed by atoms with van der Waals surface area (Å²) in [5.74, 6) is 2.63. The Bertz CT molecular complexity index is 508. The van der Waals surface area contributed by atoms with Crippen molar-refractivity contribution < 1.29 is 4.92 Å². The summed E-state index contributed by atoms with van der Waals surface area (Å²) in [5, 5.41) is 14.3. The zero-order valence-electron chi connectivity index (χ0n) is 11.7. The van der Waals surface area contributed by atoms with E-state index >= 15 is 0 Å². The summed E-state index contributed by atoms with van der Waals surface area (Å²) in [6, 6.07) is 3.25. The highest BCUT2D eigenvalue weighted by atomic mass is 16.6. The van der Waals surface area contributed by atoms with Crippen LogP contribution in [0.5, 0.6) is 0 Å². The summed E-state index contributed by atoms with van der Waals surface area (Å²) in [6.45, 7) is 4.57. The van der Waals surface area contributed by atoms with Gasteiger partial charge in [0.2, 0.25) is 5.82 Å². The molecule has 2 aliphatic rings. The van der Waals surface area contributed by atoms with E-state index in [1.54, 1.807) is 12.1 Å². The lowest BCUT2D eigenvalue weighted by molar-refractivity contribution is -0.384. The third kappa shape index (κ3) is 2.30. The van der Waals surface area contributed by atoms with Crippen LogP contribution in [0.1, 0.15) is 26.2 Å². The van der Waals surface area contributed by atoms with Gasteiger partial charge in [-0.3, -0.25) is 10.1 Å². The average molecular weight is 276 g/mol. The van der Waals surface area contributed by atoms with Crippen LogP contribution in [0.3, 0.4) is 0 Å². The molecule has 1 aliphatic heterocycles. The molecule has 108 valence electrons. The van der Waals surface area contributed by atoms with Crippen molar-refractivity contribution in [1.82, 2.24) is 4.98 Å². The van der Waals surface area contributed by atoms with Gasteiger partial charge in [0.05, 0.1) is 4.92 Å². The average Bonchev–Trinajstić information content (AvgIpc) is 2.99. The van der Waals surface area contributed by atoms with Gasteiger partial charge in [0, 0.05) is 25.7 Å². The molecule has 1 aromatic heterocycles. The standard InChI is InChI=1S/C14H20N4O2/c1-2-15-13-7-6-12(18(19)20)14(16-13)17-8-10-4-3-5-11(10)9-17/h6-7,10-11H,2-5,8-9H2,1H3,(H,15,16). The predicted molar refractivity (Wildman–Crippen MR) is 78.1 cm³/mol. The number of nitrogens with one attached hydrogen (secondary N) is 1. The Morgan fingerprint density at radius 1 is 1.40 bits per heavy atom. The molecule has 6 heteroatoms. The molecular weight excluding hydrogens is 256 g/mol. The van der Waals surface area contributed by atoms with Gasteiger partial charge in [-0.15, -0.1) is 0 Å². The van der Waals surface area contributed by atoms with Crippen LogP contribution >= 0.6 is 0 Å². The van der Waals surface area contributed by atoms with Gasteiger partial charge in [0.25, 0.3) is 0 Å². The Morgan fingerprint density at radius 2 is 2.10 bits per heavy atom. The van der Waals surface area contributed by atoms with Crippen LogP contribution in [0, 0.1) is 22.0 Å². The summed E-state index contributed by atoms with van der Waals surface area (Å²) >= 11 is 0. The summed E-state index contributed by atoms with van der Waals surface area (Å²) in [6.07, 6.45) is 3.81. The van der Waals surface area contributed by atoms with Crippen LogP contribution in [-0.2, 0) is 0 Å². The van der Waals surface area contributed by atoms with E-state index in [1.807, 2.05) is 6.92 Å². The summed E-state index contributed by atoms with van der Waals surface area (Å²) in [7, 11) is 0. The fourth-order valence-electron chi connectivity index (χ4n) is 3.50. The van der Waals surface area contributed by atoms with Crippen molar-refractivity contribution >= 4 is 17.3 Å². The van der Waals surface area contributed by atoms with Crippen molar-refractivity contribution in [2.75, 3.05) is 29.9 Å². The molecule has 6 nitrogen and oxygen atoms in total. The van der Waals surface area contributed by atoms with Gasteiger partial charge in [-0.05, 0) is 37.7 Å². The highest BCUT2D eigenvalue weighted by molar-refractivity contribution is 5.62. The smallest absolute Gasteiger partial charge is 0.311 e. The van der Waals surface area contributed by atoms with E-state index in [0.717, 1.165) is 19.6 Å². The molecule has 0 spiro atoms. The molecule has 2 atom stereocenters. The lowest BCUT2D eigenvalue weighted by atomic mass is 10.0. The summed E-state index contributed by atoms with van der Waals surface area (Å²) in [5.41, 5.74) is 0.117. The predicted octanol–water partition coefficient (Wildman–Crippen LogP) is 2.66. The number of nitrogens with zero attached hydrogens (tertiary/aromatic N) is 3. The first-order valence-corrected chi connectivity index (χ1v) is 7.33. The molecule has 0 radical (unpaired) electrons. The quantitative estimate of drug-likeness (QED) is 0.676. The summed E-state index contributed by atoms with van der Waals surface area (Å²) < 4.78 is 0. The second-order valence-corrected chi connectivity index (χ2v) is 5.68. The molecule has 0 bridgehead atoms. The molecule has 2 fully saturated rings. The number of rotatable bonds is 4. The van der Waals surface area contributed by atoms with E-state index in [4.69, 9.17) is 0 Å². The van der Waals surface area contributed by atoms with E-state index < -0.39 is 0 Å². The van der Waals surface area contributed by atoms with E-state index in [-0.39, 0.29) is 10.6 Å². The van der Waals surface area contributed by atoms with Crippen LogP contribution < -0.4 is 10.2 Å². The molecule has 3 rings (SSSR count). The Balaban J connectivity index is 1.90. The van der Waals surface area contributed by atoms with E-state index in [9.17, 15) is 10.1 Å². The Hall–Kier alpha value is -1.85. The van der Waals surface area contributed by atoms with Gasteiger partial charge in [-0.1, -0.05) is 6.42 Å². The number of hydrogen-bond donors (Lipinski definition) is 1. The topological polar surface area (TPSA) is 71.3 Å². The van der Waals surface area contributed by atoms with Gasteiger partial charge < -0.3 is 10.2 Å². The maximum Gasteiger partial charge on any atom is 0.311 e. The largest absolute Gasteiger partial charge is 0.370 e. The molecule has 1 aromatic rings. The molecule has 20 heavy (non-hydrogen) atoms. The number of pyridine rings is 1. The van der Waals surface area contributed by atoms with Gasteiger partial charge in [-0.2, -0.15) is 0 Å². The number of nitro groups is 1. The van der Waals surface area contributed by atoms with Crippen molar-refractivity contribution in [3.8, 4) is 0 Å². The highest BCUT2D eigenvalue weighted by Crippen LogP contribution is 2.41. The second-order valence-electron chi connectivity index (χ2n) is 5.68. The van der Waals surface area contributed by atoms with Crippen LogP contribution in [-0.4, -0.2) is 29.5 Å². The van der Waals surface area contributed by atoms with Crippen molar-refractivity contribution in [2.24, 2.45) is 11.8 Å². The maximum atomic E-state index is 11.2. The van der Waals surface area contributed by atoms with Crippen LogP contribution in [0.15, 0.2) is 12.1 Å². The minimum atomic E-state index is -0.327. The Labute approximate surface area is 118 Å². The molecule has 0 amide bonds. The van der Waals surface area contributed by atoms with Crippen molar-refractivity contribution in [2.45, 2.75) is 26.2 Å². The van der Waals surface area contributed by atoms with Gasteiger partial charge in [0.1, 0.15) is 5.82 Å². The highest BCUT2D eigenvalue weighted by Gasteiger charge is 2.38. The van der Waals surface area contributed by atoms with Crippen LogP contribution in [0.25, 0.3) is 0 Å². The zero-order valence-corrected chi connectivity index (χ0v) is 11.7. The first-order chi connectivity index (χ1) is 9.69. The fourth-order valence-corrected chi connectivity index (χ4v) is 3.50. The first kappa shape index (κ1) is 13.1. The number of anilines is 2. The van der Waals surface area contributed by atoms with E-state index in [0.29, 0.717) is 23.5 Å². The molecule has 1 saturated heterocycles. The number of aromatic nitrogens is 1. The molecule has 1 saturated carbocycles. The lowest BCUT2D eigenvalue weighted by Crippen LogP contribution is -2.23. The third-order valence-electron chi connectivity index (χ3n) is 4.43. The van der Waals surface area contributed by atoms with Crippen molar-refractivity contribution in [1.29, 1.82) is 0 Å². The second kappa shape index (κ2) is 5.26. The maximum absolute atomic E-state index is 11.2. The Kier molecular flexibility index (Phi) is 3.46. The first-order valence-electron chi connectivity index (χ1n) is 7.33. The Morgan fingerprint density at radius 3 is 2.70 bits per heavy atom. The molecular formula is C14H20N4O2. The monoisotopic (exact) mass is 276 g/mol. The third-order valence-corrected chi connectivity index (χ3v) is 4.43. The van der Waals surface area contributed by atoms with Crippen molar-refractivity contribution in [3.05, 3.63) is 22.2 Å². The molecule has 1 aliphatic carbocycles. The van der Waals surface area contributed by atoms with Gasteiger partial charge >= 0.3 is 5.69 Å². The summed E-state index contributed by atoms with van der Waals surface area (Å²) in [4.78, 5) is 17.5. The normalized spacial score (nSPS) is 24.8. The van der Waals surface area contributed by atoms with Crippen LogP contribution in [0.2, 0.25) is 0 Å². The molecule has 2 unspecified atom stereocenters.